The van der Waals surface area contributed by atoms with Crippen LogP contribution in [0, 0.1) is 0 Å². The van der Waals surface area contributed by atoms with Crippen molar-refractivity contribution >= 4 is 55.4 Å². The van der Waals surface area contributed by atoms with Crippen molar-refractivity contribution in [3.8, 4) is 27.9 Å². The highest BCUT2D eigenvalue weighted by Crippen LogP contribution is 2.45. The van der Waals surface area contributed by atoms with E-state index in [0.29, 0.717) is 5.96 Å². The van der Waals surface area contributed by atoms with Crippen LogP contribution in [-0.4, -0.2) is 20.9 Å². The van der Waals surface area contributed by atoms with E-state index in [-0.39, 0.29) is 6.17 Å². The lowest BCUT2D eigenvalue weighted by atomic mass is 9.93. The summed E-state index contributed by atoms with van der Waals surface area (Å²) in [5.41, 5.74) is 12.4. The molecule has 11 rings (SSSR count). The molecule has 5 heteroatoms. The summed E-state index contributed by atoms with van der Waals surface area (Å²) in [6.07, 6.45) is -0.311. The number of amidine groups is 1. The second-order valence-corrected chi connectivity index (χ2v) is 14.2. The Morgan fingerprint density at radius 3 is 1.57 bits per heavy atom. The number of aromatic nitrogens is 2. The monoisotopic (exact) mass is 717 g/mol. The van der Waals surface area contributed by atoms with Crippen molar-refractivity contribution in [1.82, 2.24) is 14.5 Å². The third kappa shape index (κ3) is 5.09. The second kappa shape index (κ2) is 13.1. The lowest BCUT2D eigenvalue weighted by Crippen LogP contribution is -2.35. The summed E-state index contributed by atoms with van der Waals surface area (Å²) in [6, 6.07) is 71.0. The third-order valence-electron chi connectivity index (χ3n) is 11.0. The van der Waals surface area contributed by atoms with Gasteiger partial charge < -0.3 is 9.88 Å². The van der Waals surface area contributed by atoms with E-state index in [9.17, 15) is 0 Å². The van der Waals surface area contributed by atoms with E-state index in [0.717, 1.165) is 50.1 Å². The largest absolute Gasteiger partial charge is 0.344 e. The average molecular weight is 718 g/mol. The molecule has 5 nitrogen and oxygen atoms in total. The van der Waals surface area contributed by atoms with Gasteiger partial charge in [-0.2, -0.15) is 4.99 Å². The van der Waals surface area contributed by atoms with E-state index >= 15 is 0 Å². The SMILES string of the molecule is c1ccc(C2=NC(n3c4ccccc4c4c5c6ccccc6n(-c6cccc(-c7ccccc7)c6-c6ccccc6)c5ccc43)=NC(c3ccccc3)N2)cc1. The number of rotatable bonds is 5. The summed E-state index contributed by atoms with van der Waals surface area (Å²) in [7, 11) is 0. The fourth-order valence-electron chi connectivity index (χ4n) is 8.57. The maximum absolute atomic E-state index is 5.33. The number of fused-ring (bicyclic) bond motifs is 7. The van der Waals surface area contributed by atoms with Gasteiger partial charge in [-0.05, 0) is 52.6 Å². The molecule has 1 atom stereocenters. The smallest absolute Gasteiger partial charge is 0.234 e. The van der Waals surface area contributed by atoms with Gasteiger partial charge in [0, 0.05) is 32.7 Å². The number of hydrogen-bond donors (Lipinski definition) is 1. The summed E-state index contributed by atoms with van der Waals surface area (Å²) in [6.45, 7) is 0. The molecule has 1 N–H and O–H groups in total. The lowest BCUT2D eigenvalue weighted by molar-refractivity contribution is 0.668. The number of para-hydroxylation sites is 2. The van der Waals surface area contributed by atoms with Crippen LogP contribution < -0.4 is 5.32 Å². The van der Waals surface area contributed by atoms with Crippen LogP contribution >= 0.6 is 0 Å². The van der Waals surface area contributed by atoms with Gasteiger partial charge in [-0.25, -0.2) is 4.99 Å². The van der Waals surface area contributed by atoms with Crippen molar-refractivity contribution in [2.75, 3.05) is 0 Å². The van der Waals surface area contributed by atoms with Crippen LogP contribution in [0.25, 0.3) is 71.6 Å². The highest BCUT2D eigenvalue weighted by molar-refractivity contribution is 6.30. The van der Waals surface area contributed by atoms with Crippen molar-refractivity contribution < 1.29 is 0 Å². The Morgan fingerprint density at radius 1 is 0.411 bits per heavy atom. The molecular weight excluding hydrogens is 683 g/mol. The van der Waals surface area contributed by atoms with E-state index in [4.69, 9.17) is 9.98 Å². The van der Waals surface area contributed by atoms with Gasteiger partial charge >= 0.3 is 0 Å². The zero-order valence-electron chi connectivity index (χ0n) is 30.4. The molecule has 0 fully saturated rings. The zero-order chi connectivity index (χ0) is 37.0. The maximum atomic E-state index is 5.33. The van der Waals surface area contributed by atoms with Crippen LogP contribution in [0.15, 0.2) is 210 Å². The number of nitrogens with zero attached hydrogens (tertiary/aromatic N) is 4. The molecule has 56 heavy (non-hydrogen) atoms. The summed E-state index contributed by atoms with van der Waals surface area (Å²) in [5.74, 6) is 1.44. The van der Waals surface area contributed by atoms with Gasteiger partial charge in [-0.15, -0.1) is 0 Å². The van der Waals surface area contributed by atoms with Gasteiger partial charge in [0.15, 0.2) is 0 Å². The van der Waals surface area contributed by atoms with Gasteiger partial charge in [-0.3, -0.25) is 4.57 Å². The first-order valence-electron chi connectivity index (χ1n) is 19.1. The van der Waals surface area contributed by atoms with Crippen molar-refractivity contribution in [2.24, 2.45) is 9.98 Å². The summed E-state index contributed by atoms with van der Waals surface area (Å²) >= 11 is 0. The van der Waals surface area contributed by atoms with Crippen LogP contribution in [-0.2, 0) is 0 Å². The molecule has 0 bridgehead atoms. The first-order valence-corrected chi connectivity index (χ1v) is 19.1. The molecule has 264 valence electrons. The molecule has 0 amide bonds. The summed E-state index contributed by atoms with van der Waals surface area (Å²) in [5, 5.41) is 8.38. The van der Waals surface area contributed by atoms with Gasteiger partial charge in [0.05, 0.1) is 27.8 Å². The highest BCUT2D eigenvalue weighted by atomic mass is 15.3. The Bertz CT molecular complexity index is 3140. The van der Waals surface area contributed by atoms with E-state index in [2.05, 4.69) is 190 Å². The first-order chi connectivity index (χ1) is 27.8. The van der Waals surface area contributed by atoms with Crippen LogP contribution in [0.3, 0.4) is 0 Å². The first kappa shape index (κ1) is 32.0. The average Bonchev–Trinajstić information content (AvgIpc) is 3.80. The van der Waals surface area contributed by atoms with Gasteiger partial charge in [-0.1, -0.05) is 170 Å². The van der Waals surface area contributed by atoms with E-state index < -0.39 is 0 Å². The minimum atomic E-state index is -0.311. The van der Waals surface area contributed by atoms with Crippen LogP contribution in [0.2, 0.25) is 0 Å². The quantitative estimate of drug-likeness (QED) is 0.189. The van der Waals surface area contributed by atoms with Crippen molar-refractivity contribution in [2.45, 2.75) is 6.17 Å². The van der Waals surface area contributed by atoms with E-state index in [1.54, 1.807) is 0 Å². The molecule has 0 spiro atoms. The molecule has 0 saturated heterocycles. The molecule has 1 aliphatic heterocycles. The molecule has 8 aromatic carbocycles. The molecule has 1 unspecified atom stereocenters. The Kier molecular flexibility index (Phi) is 7.49. The highest BCUT2D eigenvalue weighted by Gasteiger charge is 2.26. The summed E-state index contributed by atoms with van der Waals surface area (Å²) < 4.78 is 4.71. The van der Waals surface area contributed by atoms with E-state index in [1.165, 1.54) is 38.4 Å². The normalized spacial score (nSPS) is 14.2. The van der Waals surface area contributed by atoms with Gasteiger partial charge in [0.2, 0.25) is 5.96 Å². The second-order valence-electron chi connectivity index (χ2n) is 14.2. The molecular formula is C51H35N5. The predicted molar refractivity (Wildman–Crippen MR) is 233 cm³/mol. The minimum Gasteiger partial charge on any atom is -0.344 e. The fraction of sp³-hybridized carbons (Fsp3) is 0.0196. The topological polar surface area (TPSA) is 46.6 Å². The van der Waals surface area contributed by atoms with Gasteiger partial charge in [0.25, 0.3) is 0 Å². The number of hydrogen-bond acceptors (Lipinski definition) is 3. The third-order valence-corrected chi connectivity index (χ3v) is 11.0. The molecule has 3 heterocycles. The molecule has 10 aromatic rings. The number of benzene rings is 8. The lowest BCUT2D eigenvalue weighted by Gasteiger charge is -2.24. The Labute approximate surface area is 324 Å². The molecule has 0 aliphatic carbocycles. The minimum absolute atomic E-state index is 0.311. The van der Waals surface area contributed by atoms with Crippen molar-refractivity contribution in [1.29, 1.82) is 0 Å². The Balaban J connectivity index is 1.22. The van der Waals surface area contributed by atoms with Crippen molar-refractivity contribution in [3.63, 3.8) is 0 Å². The zero-order valence-corrected chi connectivity index (χ0v) is 30.4. The molecule has 2 aromatic heterocycles. The number of aliphatic imine (C=N–C) groups is 2. The maximum Gasteiger partial charge on any atom is 0.234 e. The Hall–Kier alpha value is -7.50. The van der Waals surface area contributed by atoms with E-state index in [1.807, 2.05) is 24.3 Å². The van der Waals surface area contributed by atoms with Crippen LogP contribution in [0.1, 0.15) is 17.3 Å². The van der Waals surface area contributed by atoms with Crippen LogP contribution in [0.5, 0.6) is 0 Å². The van der Waals surface area contributed by atoms with Crippen molar-refractivity contribution in [3.05, 3.63) is 211 Å². The molecule has 0 saturated carbocycles. The number of nitrogens with one attached hydrogen (secondary N) is 1. The summed E-state index contributed by atoms with van der Waals surface area (Å²) in [4.78, 5) is 10.6. The van der Waals surface area contributed by atoms with Gasteiger partial charge in [0.1, 0.15) is 12.0 Å². The molecule has 1 aliphatic rings. The standard InChI is InChI=1S/C51H35N5/c1-5-18-34(19-6-1)38-28-17-31-43(46(38)35-20-7-2-8-21-35)55-41-29-15-13-26-39(41)47-44(55)32-33-45-48(47)40-27-14-16-30-42(40)56(45)51-53-49(36-22-9-3-10-23-36)52-50(54-51)37-24-11-4-12-25-37/h1-33,49H,(H,52,53,54). The molecule has 0 radical (unpaired) electrons. The fourth-order valence-corrected chi connectivity index (χ4v) is 8.57. The Morgan fingerprint density at radius 2 is 0.929 bits per heavy atom. The van der Waals surface area contributed by atoms with Crippen LogP contribution in [0.4, 0.5) is 0 Å². The predicted octanol–water partition coefficient (Wildman–Crippen LogP) is 12.2.